The van der Waals surface area contributed by atoms with Crippen LogP contribution in [0.25, 0.3) is 11.0 Å². The molecule has 5 heterocycles. The number of hydrogen-bond acceptors (Lipinski definition) is 10. The van der Waals surface area contributed by atoms with Crippen LogP contribution in [0.4, 0.5) is 4.79 Å². The number of aromatic nitrogens is 1. The van der Waals surface area contributed by atoms with Gasteiger partial charge in [-0.25, -0.2) is 13.2 Å². The average molecular weight is 627 g/mol. The Balaban J connectivity index is 1.21. The molecule has 3 aromatic heterocycles. The zero-order valence-electron chi connectivity index (χ0n) is 22.7. The number of carbonyl (C=O) groups excluding carboxylic acids is 3. The van der Waals surface area contributed by atoms with E-state index >= 15 is 0 Å². The zero-order valence-corrected chi connectivity index (χ0v) is 24.4. The van der Waals surface area contributed by atoms with Gasteiger partial charge in [-0.05, 0) is 42.1 Å². The summed E-state index contributed by atoms with van der Waals surface area (Å²) >= 11 is 1.40. The van der Waals surface area contributed by atoms with E-state index in [0.29, 0.717) is 21.4 Å². The number of nitrogens with zero attached hydrogens (tertiary/aromatic N) is 3. The molecule has 6 rings (SSSR count). The zero-order chi connectivity index (χ0) is 30.3. The van der Waals surface area contributed by atoms with E-state index in [1.807, 2.05) is 17.5 Å². The molecule has 1 aromatic carbocycles. The summed E-state index contributed by atoms with van der Waals surface area (Å²) in [6.07, 6.45) is 1.49. The van der Waals surface area contributed by atoms with E-state index in [-0.39, 0.29) is 30.2 Å². The van der Waals surface area contributed by atoms with Gasteiger partial charge in [0.15, 0.2) is 18.2 Å². The predicted molar refractivity (Wildman–Crippen MR) is 152 cm³/mol. The lowest BCUT2D eigenvalue weighted by atomic mass is 10.1. The van der Waals surface area contributed by atoms with Gasteiger partial charge < -0.3 is 29.3 Å². The van der Waals surface area contributed by atoms with E-state index < -0.39 is 52.5 Å². The fraction of sp³-hybridized carbons (Fsp3) is 0.286. The van der Waals surface area contributed by atoms with Crippen LogP contribution in [0.2, 0.25) is 0 Å². The third-order valence-electron chi connectivity index (χ3n) is 7.48. The fourth-order valence-corrected chi connectivity index (χ4v) is 7.92. The highest BCUT2D eigenvalue weighted by Gasteiger charge is 2.54. The molecule has 2 fully saturated rings. The summed E-state index contributed by atoms with van der Waals surface area (Å²) in [6, 6.07) is 9.88. The molecule has 224 valence electrons. The molecule has 2 aliphatic rings. The van der Waals surface area contributed by atoms with Crippen molar-refractivity contribution in [3.05, 3.63) is 76.4 Å². The molecule has 2 aliphatic heterocycles. The van der Waals surface area contributed by atoms with Crippen LogP contribution < -0.4 is 19.5 Å². The van der Waals surface area contributed by atoms with Gasteiger partial charge in [0.05, 0.1) is 19.7 Å². The van der Waals surface area contributed by atoms with Crippen LogP contribution in [0.15, 0.2) is 75.6 Å². The first kappa shape index (κ1) is 28.6. The second-order valence-corrected chi connectivity index (χ2v) is 13.0. The molecule has 3 unspecified atom stereocenters. The number of rotatable bonds is 8. The first-order valence-electron chi connectivity index (χ1n) is 13.3. The Kier molecular flexibility index (Phi) is 7.54. The van der Waals surface area contributed by atoms with Crippen molar-refractivity contribution in [1.29, 1.82) is 0 Å². The Hall–Kier alpha value is -4.47. The van der Waals surface area contributed by atoms with Crippen LogP contribution in [0, 0.1) is 5.21 Å². The number of Topliss-reactive ketones (excluding diaryl/α,β-unsaturated/α-hetero) is 1. The maximum atomic E-state index is 13.9. The maximum Gasteiger partial charge on any atom is 0.415 e. The molecule has 0 spiro atoms. The van der Waals surface area contributed by atoms with E-state index in [4.69, 9.17) is 13.9 Å². The summed E-state index contributed by atoms with van der Waals surface area (Å²) in [5.74, 6) is -0.477. The van der Waals surface area contributed by atoms with Gasteiger partial charge in [-0.2, -0.15) is 9.04 Å². The number of methoxy groups -OCH3 is 1. The number of nitrogens with one attached hydrogen (secondary N) is 1. The molecule has 0 saturated carbocycles. The minimum atomic E-state index is -4.18. The first-order chi connectivity index (χ1) is 20.6. The molecular weight excluding hydrogens is 600 g/mol. The van der Waals surface area contributed by atoms with E-state index in [1.54, 1.807) is 18.2 Å². The number of amides is 2. The third kappa shape index (κ3) is 5.53. The Morgan fingerprint density at radius 3 is 2.81 bits per heavy atom. The summed E-state index contributed by atoms with van der Waals surface area (Å²) in [5, 5.41) is 16.8. The largest absolute Gasteiger partial charge is 0.619 e. The topological polar surface area (TPSA) is 162 Å². The van der Waals surface area contributed by atoms with Crippen LogP contribution in [0.1, 0.15) is 11.3 Å². The van der Waals surface area contributed by atoms with Crippen molar-refractivity contribution in [1.82, 2.24) is 14.5 Å². The number of ketones is 1. The molecule has 0 bridgehead atoms. The number of fused-ring (bicyclic) bond motifs is 2. The molecule has 43 heavy (non-hydrogen) atoms. The van der Waals surface area contributed by atoms with Gasteiger partial charge in [-0.15, -0.1) is 11.3 Å². The summed E-state index contributed by atoms with van der Waals surface area (Å²) in [4.78, 5) is 41.9. The van der Waals surface area contributed by atoms with Crippen molar-refractivity contribution in [2.75, 3.05) is 20.2 Å². The fourth-order valence-electron chi connectivity index (χ4n) is 5.53. The van der Waals surface area contributed by atoms with Crippen LogP contribution in [0.5, 0.6) is 11.7 Å². The van der Waals surface area contributed by atoms with Gasteiger partial charge in [0.1, 0.15) is 28.3 Å². The minimum Gasteiger partial charge on any atom is -0.619 e. The van der Waals surface area contributed by atoms with Crippen molar-refractivity contribution >= 4 is 50.1 Å². The second-order valence-electron chi connectivity index (χ2n) is 10.1. The van der Waals surface area contributed by atoms with E-state index in [2.05, 4.69) is 5.32 Å². The molecule has 0 radical (unpaired) electrons. The Bertz CT molecular complexity index is 1810. The third-order valence-corrected chi connectivity index (χ3v) is 10.2. The maximum absolute atomic E-state index is 13.9. The van der Waals surface area contributed by atoms with E-state index in [1.165, 1.54) is 41.5 Å². The van der Waals surface area contributed by atoms with Gasteiger partial charge in [0, 0.05) is 35.4 Å². The normalized spacial score (nSPS) is 19.4. The Labute approximate surface area is 249 Å². The van der Waals surface area contributed by atoms with Gasteiger partial charge in [-0.1, -0.05) is 6.07 Å². The molecular formula is C28H26N4O9S2. The van der Waals surface area contributed by atoms with Gasteiger partial charge >= 0.3 is 6.09 Å². The number of likely N-dealkylation sites (tertiary alicyclic amines) is 1. The van der Waals surface area contributed by atoms with E-state index in [9.17, 15) is 28.0 Å². The first-order valence-corrected chi connectivity index (χ1v) is 15.6. The molecule has 2 saturated heterocycles. The van der Waals surface area contributed by atoms with Crippen molar-refractivity contribution in [3.8, 4) is 11.7 Å². The predicted octanol–water partition coefficient (Wildman–Crippen LogP) is 2.08. The smallest absolute Gasteiger partial charge is 0.415 e. The number of ether oxygens (including phenoxy) is 2. The van der Waals surface area contributed by atoms with Gasteiger partial charge in [0.25, 0.3) is 5.95 Å². The van der Waals surface area contributed by atoms with Crippen molar-refractivity contribution < 1.29 is 41.4 Å². The van der Waals surface area contributed by atoms with Crippen LogP contribution in [-0.2, 0) is 26.0 Å². The number of thiophene rings is 1. The highest BCUT2D eigenvalue weighted by molar-refractivity contribution is 7.89. The molecule has 15 heteroatoms. The highest BCUT2D eigenvalue weighted by Crippen LogP contribution is 2.34. The Morgan fingerprint density at radius 2 is 2.07 bits per heavy atom. The van der Waals surface area contributed by atoms with Crippen LogP contribution in [0.3, 0.4) is 0 Å². The number of benzene rings is 1. The molecule has 2 amide bonds. The molecule has 1 N–H and O–H groups in total. The standard InChI is InChI=1S/C28H26N4O9S2/c1-39-18-6-7-24-17(12-18)13-25(40-24)41-28(35)29-21(14-19-4-3-11-42-19)27(34)31-10-8-22-26(31)23(33)16-32(22)43(37,38)20-5-2-9-30(36)15-20/h2-7,9,11-13,15,21-22,26H,8,10,14,16H2,1H3,(H,29,35). The highest BCUT2D eigenvalue weighted by atomic mass is 32.2. The number of carbonyl (C=O) groups is 3. The van der Waals surface area contributed by atoms with Crippen molar-refractivity contribution in [3.63, 3.8) is 0 Å². The number of furan rings is 1. The van der Waals surface area contributed by atoms with Gasteiger partial charge in [0.2, 0.25) is 15.9 Å². The second kappa shape index (κ2) is 11.3. The van der Waals surface area contributed by atoms with Crippen molar-refractivity contribution in [2.24, 2.45) is 0 Å². The summed E-state index contributed by atoms with van der Waals surface area (Å²) in [7, 11) is -2.65. The quantitative estimate of drug-likeness (QED) is 0.228. The average Bonchev–Trinajstić information content (AvgIpc) is 3.78. The summed E-state index contributed by atoms with van der Waals surface area (Å²) in [5.41, 5.74) is 0.470. The molecule has 13 nitrogen and oxygen atoms in total. The van der Waals surface area contributed by atoms with Crippen LogP contribution >= 0.6 is 11.3 Å². The summed E-state index contributed by atoms with van der Waals surface area (Å²) < 4.78 is 44.3. The monoisotopic (exact) mass is 626 g/mol. The van der Waals surface area contributed by atoms with Crippen LogP contribution in [-0.4, -0.2) is 73.7 Å². The lowest BCUT2D eigenvalue weighted by Crippen LogP contribution is -2.53. The summed E-state index contributed by atoms with van der Waals surface area (Å²) in [6.45, 7) is -0.331. The van der Waals surface area contributed by atoms with E-state index in [0.717, 1.165) is 21.6 Å². The lowest BCUT2D eigenvalue weighted by Gasteiger charge is -2.27. The Morgan fingerprint density at radius 1 is 1.23 bits per heavy atom. The number of hydrogen-bond donors (Lipinski definition) is 1. The SMILES string of the molecule is COc1ccc2oc(OC(=O)NC(Cc3cccs3)C(=O)N3CCC4C3C(=O)CN4S(=O)(=O)c3ccc[n+]([O-])c3)cc2c1. The number of pyridine rings is 1. The van der Waals surface area contributed by atoms with Crippen molar-refractivity contribution in [2.45, 2.75) is 35.9 Å². The molecule has 0 aliphatic carbocycles. The molecule has 4 aromatic rings. The lowest BCUT2D eigenvalue weighted by molar-refractivity contribution is -0.607. The minimum absolute atomic E-state index is 0.0866. The molecule has 3 atom stereocenters. The van der Waals surface area contributed by atoms with Gasteiger partial charge in [-0.3, -0.25) is 9.59 Å². The number of sulfonamides is 1.